The molecule has 0 spiro atoms. The molecule has 0 radical (unpaired) electrons. The van der Waals surface area contributed by atoms with E-state index in [1.807, 2.05) is 0 Å². The highest BCUT2D eigenvalue weighted by molar-refractivity contribution is 6.23. The minimum Gasteiger partial charge on any atom is -0.366 e. The molecule has 11 heteroatoms. The summed E-state index contributed by atoms with van der Waals surface area (Å²) in [7, 11) is 0. The van der Waals surface area contributed by atoms with Crippen molar-refractivity contribution in [3.8, 4) is 11.3 Å². The third-order valence-electron chi connectivity index (χ3n) is 4.15. The number of carbonyl (C=O) groups is 1. The van der Waals surface area contributed by atoms with E-state index in [9.17, 15) is 26.7 Å². The van der Waals surface area contributed by atoms with Gasteiger partial charge in [-0.15, -0.1) is 0 Å². The van der Waals surface area contributed by atoms with Gasteiger partial charge in [-0.3, -0.25) is 9.78 Å². The molecule has 3 rings (SSSR count). The van der Waals surface area contributed by atoms with Crippen LogP contribution in [-0.4, -0.2) is 25.8 Å². The molecule has 2 heterocycles. The molecular weight excluding hydrogens is 421 g/mol. The SMILES string of the molecule is CC(F)(F)c1cc(-c2cncc(/C=C(\C(N)=O)c3cncnc3)n2)cc(C(F)(F)F)c1. The summed E-state index contributed by atoms with van der Waals surface area (Å²) in [5, 5.41) is 0. The largest absolute Gasteiger partial charge is 0.416 e. The molecule has 2 N–H and O–H groups in total. The average Bonchev–Trinajstić information content (AvgIpc) is 2.71. The number of nitrogens with two attached hydrogens (primary N) is 1. The predicted octanol–water partition coefficient (Wildman–Crippen LogP) is 4.09. The lowest BCUT2D eigenvalue weighted by atomic mass is 10.00. The number of primary amides is 1. The maximum Gasteiger partial charge on any atom is 0.416 e. The lowest BCUT2D eigenvalue weighted by molar-refractivity contribution is -0.137. The smallest absolute Gasteiger partial charge is 0.366 e. The van der Waals surface area contributed by atoms with Crippen molar-refractivity contribution >= 4 is 17.6 Å². The van der Waals surface area contributed by atoms with Crippen LogP contribution in [0.15, 0.2) is 49.3 Å². The van der Waals surface area contributed by atoms with Crippen molar-refractivity contribution in [3.63, 3.8) is 0 Å². The van der Waals surface area contributed by atoms with Crippen molar-refractivity contribution in [2.24, 2.45) is 5.73 Å². The molecule has 0 bridgehead atoms. The van der Waals surface area contributed by atoms with E-state index in [-0.39, 0.29) is 28.1 Å². The Bertz CT molecular complexity index is 1110. The number of carbonyl (C=O) groups excluding carboxylic acids is 1. The topological polar surface area (TPSA) is 94.7 Å². The molecule has 0 atom stereocenters. The van der Waals surface area contributed by atoms with Crippen LogP contribution in [0, 0.1) is 0 Å². The van der Waals surface area contributed by atoms with E-state index in [1.54, 1.807) is 0 Å². The third kappa shape index (κ3) is 5.24. The molecule has 3 aromatic rings. The van der Waals surface area contributed by atoms with Gasteiger partial charge in [-0.1, -0.05) is 0 Å². The van der Waals surface area contributed by atoms with Crippen LogP contribution in [0.4, 0.5) is 22.0 Å². The van der Waals surface area contributed by atoms with Crippen LogP contribution in [0.2, 0.25) is 0 Å². The number of amides is 1. The molecule has 0 unspecified atom stereocenters. The number of aromatic nitrogens is 4. The van der Waals surface area contributed by atoms with Crippen LogP contribution in [0.3, 0.4) is 0 Å². The van der Waals surface area contributed by atoms with Gasteiger partial charge in [0.2, 0.25) is 5.91 Å². The Morgan fingerprint density at radius 1 is 0.935 bits per heavy atom. The zero-order chi connectivity index (χ0) is 22.8. The highest BCUT2D eigenvalue weighted by Crippen LogP contribution is 2.37. The maximum atomic E-state index is 13.8. The molecule has 0 aliphatic heterocycles. The fourth-order valence-corrected chi connectivity index (χ4v) is 2.67. The van der Waals surface area contributed by atoms with Gasteiger partial charge >= 0.3 is 6.18 Å². The van der Waals surface area contributed by atoms with Crippen molar-refractivity contribution < 1.29 is 26.7 Å². The third-order valence-corrected chi connectivity index (χ3v) is 4.15. The van der Waals surface area contributed by atoms with Crippen LogP contribution >= 0.6 is 0 Å². The number of hydrogen-bond donors (Lipinski definition) is 1. The van der Waals surface area contributed by atoms with Crippen LogP contribution in [0.5, 0.6) is 0 Å². The Morgan fingerprint density at radius 2 is 1.58 bits per heavy atom. The van der Waals surface area contributed by atoms with Gasteiger partial charge in [-0.05, 0) is 24.3 Å². The Morgan fingerprint density at radius 3 is 2.16 bits per heavy atom. The number of benzene rings is 1. The molecule has 1 aromatic carbocycles. The molecule has 160 valence electrons. The van der Waals surface area contributed by atoms with Gasteiger partial charge in [0, 0.05) is 36.0 Å². The Kier molecular flexibility index (Phi) is 5.78. The number of alkyl halides is 5. The van der Waals surface area contributed by atoms with Gasteiger partial charge < -0.3 is 5.73 Å². The van der Waals surface area contributed by atoms with Crippen molar-refractivity contribution in [1.29, 1.82) is 0 Å². The number of nitrogens with zero attached hydrogens (tertiary/aromatic N) is 4. The molecule has 1 amide bonds. The highest BCUT2D eigenvalue weighted by Gasteiger charge is 2.34. The van der Waals surface area contributed by atoms with E-state index in [1.165, 1.54) is 31.0 Å². The second-order valence-corrected chi connectivity index (χ2v) is 6.56. The zero-order valence-electron chi connectivity index (χ0n) is 15.9. The first kappa shape index (κ1) is 21.9. The average molecular weight is 435 g/mol. The van der Waals surface area contributed by atoms with Crippen LogP contribution in [0.25, 0.3) is 22.9 Å². The van der Waals surface area contributed by atoms with Crippen LogP contribution in [-0.2, 0) is 16.9 Å². The van der Waals surface area contributed by atoms with Gasteiger partial charge in [0.15, 0.2) is 0 Å². The van der Waals surface area contributed by atoms with Crippen molar-refractivity contribution in [1.82, 2.24) is 19.9 Å². The van der Waals surface area contributed by atoms with E-state index in [0.717, 1.165) is 12.3 Å². The molecule has 6 nitrogen and oxygen atoms in total. The summed E-state index contributed by atoms with van der Waals surface area (Å²) in [6.45, 7) is 0.498. The van der Waals surface area contributed by atoms with E-state index in [4.69, 9.17) is 5.73 Å². The minimum atomic E-state index is -4.84. The monoisotopic (exact) mass is 435 g/mol. The number of hydrogen-bond acceptors (Lipinski definition) is 5. The molecule has 0 aliphatic rings. The molecule has 0 aliphatic carbocycles. The Hall–Kier alpha value is -3.76. The van der Waals surface area contributed by atoms with Crippen LogP contribution < -0.4 is 5.73 Å². The predicted molar refractivity (Wildman–Crippen MR) is 101 cm³/mol. The van der Waals surface area contributed by atoms with Gasteiger partial charge in [-0.2, -0.15) is 13.2 Å². The second kappa shape index (κ2) is 8.17. The normalized spacial score (nSPS) is 12.6. The standard InChI is InChI=1S/C20H14F5N5O/c1-19(21,22)13-2-11(3-14(4-13)20(23,24)25)17-9-27-8-15(30-17)5-16(18(26)31)12-6-28-10-29-7-12/h2-10H,1H3,(H2,26,31)/b16-5-. The molecule has 31 heavy (non-hydrogen) atoms. The van der Waals surface area contributed by atoms with Crippen LogP contribution in [0.1, 0.15) is 29.3 Å². The van der Waals surface area contributed by atoms with E-state index in [2.05, 4.69) is 19.9 Å². The number of rotatable bonds is 5. The fraction of sp³-hybridized carbons (Fsp3) is 0.150. The van der Waals surface area contributed by atoms with Gasteiger partial charge in [0.05, 0.1) is 34.9 Å². The zero-order valence-corrected chi connectivity index (χ0v) is 15.9. The summed E-state index contributed by atoms with van der Waals surface area (Å²) in [5.74, 6) is -4.33. The summed E-state index contributed by atoms with van der Waals surface area (Å²) in [5.41, 5.74) is 3.34. The first-order valence-electron chi connectivity index (χ1n) is 8.65. The van der Waals surface area contributed by atoms with E-state index >= 15 is 0 Å². The van der Waals surface area contributed by atoms with Gasteiger partial charge in [0.25, 0.3) is 5.92 Å². The summed E-state index contributed by atoms with van der Waals surface area (Å²) >= 11 is 0. The molecule has 0 fully saturated rings. The summed E-state index contributed by atoms with van der Waals surface area (Å²) in [6, 6.07) is 2.00. The quantitative estimate of drug-likeness (QED) is 0.481. The van der Waals surface area contributed by atoms with Crippen molar-refractivity contribution in [2.75, 3.05) is 0 Å². The van der Waals surface area contributed by atoms with Crippen molar-refractivity contribution in [2.45, 2.75) is 19.0 Å². The Balaban J connectivity index is 2.12. The summed E-state index contributed by atoms with van der Waals surface area (Å²) in [6.07, 6.45) is 2.69. The van der Waals surface area contributed by atoms with E-state index < -0.39 is 29.1 Å². The minimum absolute atomic E-state index is 0.0168. The first-order chi connectivity index (χ1) is 14.4. The fourth-order valence-electron chi connectivity index (χ4n) is 2.67. The Labute approximate surface area is 172 Å². The van der Waals surface area contributed by atoms with Crippen molar-refractivity contribution in [3.05, 3.63) is 71.7 Å². The van der Waals surface area contributed by atoms with Gasteiger partial charge in [-0.25, -0.2) is 23.7 Å². The highest BCUT2D eigenvalue weighted by atomic mass is 19.4. The first-order valence-corrected chi connectivity index (χ1v) is 8.65. The van der Waals surface area contributed by atoms with Gasteiger partial charge in [0.1, 0.15) is 6.33 Å². The maximum absolute atomic E-state index is 13.8. The molecule has 0 saturated carbocycles. The summed E-state index contributed by atoms with van der Waals surface area (Å²) in [4.78, 5) is 27.4. The molecular formula is C20H14F5N5O. The lowest BCUT2D eigenvalue weighted by Crippen LogP contribution is -2.13. The lowest BCUT2D eigenvalue weighted by Gasteiger charge is -2.16. The summed E-state index contributed by atoms with van der Waals surface area (Å²) < 4.78 is 67.2. The number of halogens is 5. The molecule has 0 saturated heterocycles. The second-order valence-electron chi connectivity index (χ2n) is 6.56. The van der Waals surface area contributed by atoms with E-state index in [0.29, 0.717) is 19.1 Å². The molecule has 2 aromatic heterocycles.